The van der Waals surface area contributed by atoms with E-state index < -0.39 is 0 Å². The minimum Gasteiger partial charge on any atom is -0.395 e. The lowest BCUT2D eigenvalue weighted by atomic mass is 10.1. The predicted octanol–water partition coefficient (Wildman–Crippen LogP) is 2.90. The third-order valence-electron chi connectivity index (χ3n) is 2.63. The molecule has 0 spiro atoms. The summed E-state index contributed by atoms with van der Waals surface area (Å²) in [7, 11) is 0. The summed E-state index contributed by atoms with van der Waals surface area (Å²) in [5.41, 5.74) is 0.843. The third kappa shape index (κ3) is 3.44. The molecule has 2 unspecified atom stereocenters. The Labute approximate surface area is 100 Å². The van der Waals surface area contributed by atoms with Crippen molar-refractivity contribution in [2.45, 2.75) is 32.4 Å². The molecular formula is C12H17ClFNO. The first kappa shape index (κ1) is 13.4. The van der Waals surface area contributed by atoms with Crippen LogP contribution in [0.5, 0.6) is 0 Å². The molecular weight excluding hydrogens is 229 g/mol. The van der Waals surface area contributed by atoms with Crippen molar-refractivity contribution in [3.8, 4) is 0 Å². The summed E-state index contributed by atoms with van der Waals surface area (Å²) in [6.45, 7) is 4.02. The van der Waals surface area contributed by atoms with Crippen LogP contribution in [0.1, 0.15) is 31.9 Å². The number of benzene rings is 1. The van der Waals surface area contributed by atoms with E-state index in [1.807, 2.05) is 13.8 Å². The van der Waals surface area contributed by atoms with Crippen molar-refractivity contribution in [1.82, 2.24) is 5.32 Å². The van der Waals surface area contributed by atoms with Crippen LogP contribution in [0.2, 0.25) is 5.02 Å². The van der Waals surface area contributed by atoms with E-state index in [1.165, 1.54) is 12.1 Å². The van der Waals surface area contributed by atoms with Crippen LogP contribution in [0.4, 0.5) is 4.39 Å². The summed E-state index contributed by atoms with van der Waals surface area (Å²) in [4.78, 5) is 0. The van der Waals surface area contributed by atoms with Crippen LogP contribution in [-0.4, -0.2) is 17.8 Å². The van der Waals surface area contributed by atoms with Crippen LogP contribution in [-0.2, 0) is 0 Å². The number of aliphatic hydroxyl groups is 1. The van der Waals surface area contributed by atoms with E-state index in [9.17, 15) is 4.39 Å². The second kappa shape index (κ2) is 6.18. The molecule has 0 heterocycles. The molecule has 2 N–H and O–H groups in total. The van der Waals surface area contributed by atoms with E-state index in [4.69, 9.17) is 16.7 Å². The third-order valence-corrected chi connectivity index (χ3v) is 2.96. The SMILES string of the molecule is CCC(CO)NC(C)c1ccc(F)cc1Cl. The maximum atomic E-state index is 12.9. The fourth-order valence-corrected chi connectivity index (χ4v) is 1.93. The van der Waals surface area contributed by atoms with E-state index in [2.05, 4.69) is 5.32 Å². The molecule has 1 aromatic rings. The minimum absolute atomic E-state index is 0.00907. The zero-order valence-corrected chi connectivity index (χ0v) is 10.3. The lowest BCUT2D eigenvalue weighted by Crippen LogP contribution is -2.34. The van der Waals surface area contributed by atoms with E-state index in [-0.39, 0.29) is 24.5 Å². The maximum absolute atomic E-state index is 12.9. The van der Waals surface area contributed by atoms with Crippen molar-refractivity contribution in [1.29, 1.82) is 0 Å². The Morgan fingerprint density at radius 3 is 2.69 bits per heavy atom. The highest BCUT2D eigenvalue weighted by Gasteiger charge is 2.13. The van der Waals surface area contributed by atoms with Gasteiger partial charge >= 0.3 is 0 Å². The largest absolute Gasteiger partial charge is 0.395 e. The summed E-state index contributed by atoms with van der Waals surface area (Å²) >= 11 is 5.95. The molecule has 2 atom stereocenters. The molecule has 0 saturated heterocycles. The molecule has 0 fully saturated rings. The van der Waals surface area contributed by atoms with E-state index in [0.717, 1.165) is 12.0 Å². The molecule has 0 bridgehead atoms. The van der Waals surface area contributed by atoms with Gasteiger partial charge in [0.05, 0.1) is 6.61 Å². The molecule has 0 amide bonds. The Kier molecular flexibility index (Phi) is 5.19. The van der Waals surface area contributed by atoms with Gasteiger partial charge in [0, 0.05) is 17.1 Å². The Morgan fingerprint density at radius 2 is 2.19 bits per heavy atom. The summed E-state index contributed by atoms with van der Waals surface area (Å²) in [5, 5.41) is 12.7. The van der Waals surface area contributed by atoms with Crippen molar-refractivity contribution < 1.29 is 9.50 Å². The first-order chi connectivity index (χ1) is 7.58. The molecule has 4 heteroatoms. The number of halogens is 2. The number of nitrogens with one attached hydrogen (secondary N) is 1. The highest BCUT2D eigenvalue weighted by molar-refractivity contribution is 6.31. The van der Waals surface area contributed by atoms with Crippen molar-refractivity contribution in [2.75, 3.05) is 6.61 Å². The van der Waals surface area contributed by atoms with Gasteiger partial charge < -0.3 is 10.4 Å². The smallest absolute Gasteiger partial charge is 0.124 e. The quantitative estimate of drug-likeness (QED) is 0.836. The van der Waals surface area contributed by atoms with E-state index in [1.54, 1.807) is 6.07 Å². The minimum atomic E-state index is -0.338. The fraction of sp³-hybridized carbons (Fsp3) is 0.500. The van der Waals surface area contributed by atoms with Gasteiger partial charge in [0.15, 0.2) is 0 Å². The van der Waals surface area contributed by atoms with Gasteiger partial charge in [0.1, 0.15) is 5.82 Å². The Morgan fingerprint density at radius 1 is 1.50 bits per heavy atom. The Bertz CT molecular complexity index is 342. The van der Waals surface area contributed by atoms with Gasteiger partial charge in [-0.25, -0.2) is 4.39 Å². The zero-order valence-electron chi connectivity index (χ0n) is 9.50. The molecule has 0 radical (unpaired) electrons. The molecule has 16 heavy (non-hydrogen) atoms. The molecule has 2 nitrogen and oxygen atoms in total. The summed E-state index contributed by atoms with van der Waals surface area (Å²) in [5.74, 6) is -0.338. The summed E-state index contributed by atoms with van der Waals surface area (Å²) < 4.78 is 12.9. The van der Waals surface area contributed by atoms with Crippen LogP contribution in [0, 0.1) is 5.82 Å². The standard InChI is InChI=1S/C12H17ClFNO/c1-3-10(7-16)15-8(2)11-5-4-9(14)6-12(11)13/h4-6,8,10,15-16H,3,7H2,1-2H3. The average Bonchev–Trinajstić information content (AvgIpc) is 2.25. The molecule has 0 aliphatic heterocycles. The van der Waals surface area contributed by atoms with Crippen LogP contribution < -0.4 is 5.32 Å². The van der Waals surface area contributed by atoms with Crippen LogP contribution in [0.15, 0.2) is 18.2 Å². The fourth-order valence-electron chi connectivity index (χ4n) is 1.60. The molecule has 0 aliphatic rings. The van der Waals surface area contributed by atoms with Crippen molar-refractivity contribution in [3.63, 3.8) is 0 Å². The monoisotopic (exact) mass is 245 g/mol. The van der Waals surface area contributed by atoms with E-state index in [0.29, 0.717) is 5.02 Å². The highest BCUT2D eigenvalue weighted by Crippen LogP contribution is 2.24. The van der Waals surface area contributed by atoms with Gasteiger partial charge in [-0.3, -0.25) is 0 Å². The van der Waals surface area contributed by atoms with Crippen LogP contribution >= 0.6 is 11.6 Å². The van der Waals surface area contributed by atoms with Crippen molar-refractivity contribution >= 4 is 11.6 Å². The first-order valence-corrected chi connectivity index (χ1v) is 5.78. The molecule has 90 valence electrons. The lowest BCUT2D eigenvalue weighted by Gasteiger charge is -2.21. The normalized spacial score (nSPS) is 14.8. The maximum Gasteiger partial charge on any atom is 0.124 e. The molecule has 1 aromatic carbocycles. The van der Waals surface area contributed by atoms with Crippen LogP contribution in [0.3, 0.4) is 0 Å². The number of hydrogen-bond acceptors (Lipinski definition) is 2. The molecule has 0 aliphatic carbocycles. The summed E-state index contributed by atoms with van der Waals surface area (Å²) in [6, 6.07) is 4.38. The van der Waals surface area contributed by atoms with Gasteiger partial charge in [-0.15, -0.1) is 0 Å². The van der Waals surface area contributed by atoms with Gasteiger partial charge in [0.25, 0.3) is 0 Å². The Balaban J connectivity index is 2.76. The topological polar surface area (TPSA) is 32.3 Å². The zero-order chi connectivity index (χ0) is 12.1. The van der Waals surface area contributed by atoms with Gasteiger partial charge in [0.2, 0.25) is 0 Å². The second-order valence-corrected chi connectivity index (χ2v) is 4.25. The first-order valence-electron chi connectivity index (χ1n) is 5.40. The predicted molar refractivity (Wildman–Crippen MR) is 64.1 cm³/mol. The van der Waals surface area contributed by atoms with E-state index >= 15 is 0 Å². The summed E-state index contributed by atoms with van der Waals surface area (Å²) in [6.07, 6.45) is 0.833. The second-order valence-electron chi connectivity index (χ2n) is 3.84. The van der Waals surface area contributed by atoms with Gasteiger partial charge in [-0.05, 0) is 31.0 Å². The average molecular weight is 246 g/mol. The molecule has 1 rings (SSSR count). The molecule has 0 aromatic heterocycles. The molecule has 0 saturated carbocycles. The van der Waals surface area contributed by atoms with Crippen molar-refractivity contribution in [3.05, 3.63) is 34.6 Å². The Hall–Kier alpha value is -0.640. The van der Waals surface area contributed by atoms with Gasteiger partial charge in [-0.1, -0.05) is 24.6 Å². The van der Waals surface area contributed by atoms with Gasteiger partial charge in [-0.2, -0.15) is 0 Å². The highest BCUT2D eigenvalue weighted by atomic mass is 35.5. The number of hydrogen-bond donors (Lipinski definition) is 2. The number of aliphatic hydroxyl groups excluding tert-OH is 1. The van der Waals surface area contributed by atoms with Crippen LogP contribution in [0.25, 0.3) is 0 Å². The van der Waals surface area contributed by atoms with Crippen molar-refractivity contribution in [2.24, 2.45) is 0 Å². The number of rotatable bonds is 5. The lowest BCUT2D eigenvalue weighted by molar-refractivity contribution is 0.230.